The van der Waals surface area contributed by atoms with Gasteiger partial charge in [-0.05, 0) is 30.3 Å². The zero-order chi connectivity index (χ0) is 14.5. The molecule has 0 aliphatic heterocycles. The molecular formula is C15H13NO4. The van der Waals surface area contributed by atoms with Crippen molar-refractivity contribution in [2.24, 2.45) is 0 Å². The predicted octanol–water partition coefficient (Wildman–Crippen LogP) is 2.07. The second-order valence-corrected chi connectivity index (χ2v) is 4.11. The minimum Gasteiger partial charge on any atom is -0.507 e. The van der Waals surface area contributed by atoms with Gasteiger partial charge in [0.2, 0.25) is 0 Å². The molecule has 0 saturated carbocycles. The molecule has 0 aliphatic rings. The number of aromatic hydroxyl groups is 1. The van der Waals surface area contributed by atoms with E-state index in [1.54, 1.807) is 18.2 Å². The molecule has 0 saturated heterocycles. The Kier molecular flexibility index (Phi) is 4.08. The van der Waals surface area contributed by atoms with E-state index in [2.05, 4.69) is 11.2 Å². The molecule has 5 nitrogen and oxygen atoms in total. The van der Waals surface area contributed by atoms with Crippen molar-refractivity contribution in [3.05, 3.63) is 41.7 Å². The molecular weight excluding hydrogens is 258 g/mol. The fourth-order valence-electron chi connectivity index (χ4n) is 1.75. The second kappa shape index (κ2) is 5.95. The Hall–Kier alpha value is -2.71. The average molecular weight is 271 g/mol. The molecule has 0 radical (unpaired) electrons. The van der Waals surface area contributed by atoms with Gasteiger partial charge in [-0.2, -0.15) is 0 Å². The van der Waals surface area contributed by atoms with Crippen molar-refractivity contribution < 1.29 is 19.4 Å². The molecule has 2 rings (SSSR count). The topological polar surface area (TPSA) is 82.7 Å². The number of carboxylic acids is 1. The van der Waals surface area contributed by atoms with Crippen LogP contribution < -0.4 is 5.32 Å². The number of aromatic carboxylic acids is 1. The largest absolute Gasteiger partial charge is 0.507 e. The van der Waals surface area contributed by atoms with Crippen molar-refractivity contribution in [3.63, 3.8) is 0 Å². The summed E-state index contributed by atoms with van der Waals surface area (Å²) in [6, 6.07) is 7.82. The highest BCUT2D eigenvalue weighted by atomic mass is 16.4. The molecule has 0 spiro atoms. The zero-order valence-electron chi connectivity index (χ0n) is 10.6. The fraction of sp³-hybridized carbons (Fsp3) is 0.133. The van der Waals surface area contributed by atoms with Crippen LogP contribution in [0.5, 0.6) is 5.75 Å². The summed E-state index contributed by atoms with van der Waals surface area (Å²) in [5.74, 6) is 2.22. The number of benzene rings is 1. The normalized spacial score (nSPS) is 10.2. The maximum absolute atomic E-state index is 11.0. The number of phenols is 1. The molecule has 2 aromatic rings. The molecule has 3 N–H and O–H groups in total. The maximum atomic E-state index is 11.0. The van der Waals surface area contributed by atoms with E-state index in [-0.39, 0.29) is 11.3 Å². The van der Waals surface area contributed by atoms with E-state index >= 15 is 0 Å². The van der Waals surface area contributed by atoms with Gasteiger partial charge in [-0.25, -0.2) is 4.79 Å². The van der Waals surface area contributed by atoms with Crippen LogP contribution in [0, 0.1) is 12.3 Å². The van der Waals surface area contributed by atoms with Crippen LogP contribution in [0.3, 0.4) is 0 Å². The third-order valence-electron chi connectivity index (χ3n) is 2.70. The van der Waals surface area contributed by atoms with Gasteiger partial charge in [-0.1, -0.05) is 5.92 Å². The number of hydrogen-bond donors (Lipinski definition) is 3. The van der Waals surface area contributed by atoms with Gasteiger partial charge in [0.15, 0.2) is 0 Å². The molecule has 20 heavy (non-hydrogen) atoms. The Balaban J connectivity index is 2.22. The van der Waals surface area contributed by atoms with Gasteiger partial charge in [-0.3, -0.25) is 5.32 Å². The van der Waals surface area contributed by atoms with Crippen LogP contribution >= 0.6 is 0 Å². The van der Waals surface area contributed by atoms with Crippen molar-refractivity contribution in [2.75, 3.05) is 6.54 Å². The maximum Gasteiger partial charge on any atom is 0.339 e. The molecule has 5 heteroatoms. The molecule has 0 aliphatic carbocycles. The van der Waals surface area contributed by atoms with Crippen molar-refractivity contribution >= 4 is 5.97 Å². The van der Waals surface area contributed by atoms with E-state index in [1.165, 1.54) is 12.1 Å². The quantitative estimate of drug-likeness (QED) is 0.573. The van der Waals surface area contributed by atoms with E-state index in [0.717, 1.165) is 0 Å². The highest BCUT2D eigenvalue weighted by Crippen LogP contribution is 2.27. The molecule has 0 unspecified atom stereocenters. The van der Waals surface area contributed by atoms with Gasteiger partial charge in [0, 0.05) is 5.56 Å². The predicted molar refractivity (Wildman–Crippen MR) is 73.3 cm³/mol. The number of nitrogens with one attached hydrogen (secondary N) is 1. The van der Waals surface area contributed by atoms with Crippen molar-refractivity contribution in [1.82, 2.24) is 5.32 Å². The number of carbonyl (C=O) groups is 1. The summed E-state index contributed by atoms with van der Waals surface area (Å²) in [5, 5.41) is 21.4. The summed E-state index contributed by atoms with van der Waals surface area (Å²) < 4.78 is 5.59. The molecule has 0 bridgehead atoms. The molecule has 0 atom stereocenters. The minimum absolute atomic E-state index is 0.161. The molecule has 1 aromatic carbocycles. The lowest BCUT2D eigenvalue weighted by Gasteiger charge is -2.02. The molecule has 1 aromatic heterocycles. The van der Waals surface area contributed by atoms with Crippen LogP contribution in [-0.4, -0.2) is 22.7 Å². The van der Waals surface area contributed by atoms with Gasteiger partial charge in [0.05, 0.1) is 13.1 Å². The third-order valence-corrected chi connectivity index (χ3v) is 2.70. The number of carboxylic acid groups (broad SMARTS) is 1. The van der Waals surface area contributed by atoms with Crippen LogP contribution in [-0.2, 0) is 6.54 Å². The highest BCUT2D eigenvalue weighted by Gasteiger charge is 2.12. The Morgan fingerprint density at radius 1 is 1.35 bits per heavy atom. The molecule has 102 valence electrons. The van der Waals surface area contributed by atoms with Gasteiger partial charge in [0.25, 0.3) is 0 Å². The monoisotopic (exact) mass is 271 g/mol. The van der Waals surface area contributed by atoms with E-state index in [1.807, 2.05) is 0 Å². The standard InChI is InChI=1S/C15H13NO4/c1-2-7-16-9-11-4-6-14(20-11)10-3-5-13(17)12(8-10)15(18)19/h1,3-6,8,16-17H,7,9H2,(H,18,19). The summed E-state index contributed by atoms with van der Waals surface area (Å²) in [6.45, 7) is 0.937. The van der Waals surface area contributed by atoms with Crippen LogP contribution in [0.15, 0.2) is 34.7 Å². The first-order valence-electron chi connectivity index (χ1n) is 5.91. The Bertz CT molecular complexity index is 667. The molecule has 0 amide bonds. The number of furan rings is 1. The van der Waals surface area contributed by atoms with Gasteiger partial charge in [0.1, 0.15) is 22.8 Å². The summed E-state index contributed by atoms with van der Waals surface area (Å²) in [4.78, 5) is 11.0. The van der Waals surface area contributed by atoms with Crippen molar-refractivity contribution in [2.45, 2.75) is 6.54 Å². The van der Waals surface area contributed by atoms with E-state index in [4.69, 9.17) is 15.9 Å². The van der Waals surface area contributed by atoms with E-state index in [9.17, 15) is 9.90 Å². The third kappa shape index (κ3) is 2.99. The first kappa shape index (κ1) is 13.7. The lowest BCUT2D eigenvalue weighted by molar-refractivity contribution is 0.0694. The summed E-state index contributed by atoms with van der Waals surface area (Å²) >= 11 is 0. The average Bonchev–Trinajstić information content (AvgIpc) is 2.88. The SMILES string of the molecule is C#CCNCc1ccc(-c2ccc(O)c(C(=O)O)c2)o1. The van der Waals surface area contributed by atoms with Crippen molar-refractivity contribution in [1.29, 1.82) is 0 Å². The van der Waals surface area contributed by atoms with Gasteiger partial charge >= 0.3 is 5.97 Å². The number of terminal acetylenes is 1. The summed E-state index contributed by atoms with van der Waals surface area (Å²) in [5.41, 5.74) is 0.425. The lowest BCUT2D eigenvalue weighted by atomic mass is 10.1. The van der Waals surface area contributed by atoms with E-state index < -0.39 is 5.97 Å². The Labute approximate surface area is 115 Å². The van der Waals surface area contributed by atoms with E-state index in [0.29, 0.717) is 30.2 Å². The Morgan fingerprint density at radius 3 is 2.85 bits per heavy atom. The molecule has 0 fully saturated rings. The Morgan fingerprint density at radius 2 is 2.15 bits per heavy atom. The first-order chi connectivity index (χ1) is 9.61. The summed E-state index contributed by atoms with van der Waals surface area (Å²) in [6.07, 6.45) is 5.13. The van der Waals surface area contributed by atoms with Gasteiger partial charge < -0.3 is 14.6 Å². The van der Waals surface area contributed by atoms with Crippen molar-refractivity contribution in [3.8, 4) is 29.4 Å². The summed E-state index contributed by atoms with van der Waals surface area (Å²) in [7, 11) is 0. The number of hydrogen-bond acceptors (Lipinski definition) is 4. The van der Waals surface area contributed by atoms with Gasteiger partial charge in [-0.15, -0.1) is 6.42 Å². The minimum atomic E-state index is -1.19. The second-order valence-electron chi connectivity index (χ2n) is 4.11. The number of rotatable bonds is 5. The molecule has 1 heterocycles. The van der Waals surface area contributed by atoms with Crippen LogP contribution in [0.2, 0.25) is 0 Å². The first-order valence-corrected chi connectivity index (χ1v) is 5.91. The highest BCUT2D eigenvalue weighted by molar-refractivity contribution is 5.92. The van der Waals surface area contributed by atoms with Crippen LogP contribution in [0.25, 0.3) is 11.3 Å². The smallest absolute Gasteiger partial charge is 0.339 e. The fourth-order valence-corrected chi connectivity index (χ4v) is 1.75. The van der Waals surface area contributed by atoms with Crippen LogP contribution in [0.4, 0.5) is 0 Å². The zero-order valence-corrected chi connectivity index (χ0v) is 10.6. The van der Waals surface area contributed by atoms with Crippen LogP contribution in [0.1, 0.15) is 16.1 Å². The lowest BCUT2D eigenvalue weighted by Crippen LogP contribution is -2.12.